The second-order valence-corrected chi connectivity index (χ2v) is 6.36. The zero-order valence-corrected chi connectivity index (χ0v) is 15.8. The minimum absolute atomic E-state index is 0.363. The normalized spacial score (nSPS) is 11.6. The van der Waals surface area contributed by atoms with Crippen LogP contribution < -0.4 is 10.6 Å². The topological polar surface area (TPSA) is 54.2 Å². The Kier molecular flexibility index (Phi) is 7.04. The van der Waals surface area contributed by atoms with E-state index in [1.165, 1.54) is 11.1 Å². The van der Waals surface area contributed by atoms with E-state index in [-0.39, 0.29) is 0 Å². The number of benzene rings is 2. The van der Waals surface area contributed by atoms with Gasteiger partial charge in [0.15, 0.2) is 5.96 Å². The van der Waals surface area contributed by atoms with Crippen molar-refractivity contribution < 1.29 is 0 Å². The SMILES string of the molecule is CN=C(NCCC(c1ccccc1)c1ccccc1)NCCn1cccn1. The van der Waals surface area contributed by atoms with Crippen molar-refractivity contribution >= 4 is 5.96 Å². The van der Waals surface area contributed by atoms with Gasteiger partial charge in [0.1, 0.15) is 0 Å². The van der Waals surface area contributed by atoms with Crippen molar-refractivity contribution in [3.63, 3.8) is 0 Å². The molecule has 5 heteroatoms. The monoisotopic (exact) mass is 361 g/mol. The summed E-state index contributed by atoms with van der Waals surface area (Å²) in [7, 11) is 1.80. The van der Waals surface area contributed by atoms with Gasteiger partial charge in [-0.15, -0.1) is 0 Å². The Morgan fingerprint density at radius 1 is 0.926 bits per heavy atom. The minimum Gasteiger partial charge on any atom is -0.356 e. The largest absolute Gasteiger partial charge is 0.356 e. The summed E-state index contributed by atoms with van der Waals surface area (Å²) in [4.78, 5) is 4.31. The van der Waals surface area contributed by atoms with Crippen molar-refractivity contribution in [1.29, 1.82) is 0 Å². The summed E-state index contributed by atoms with van der Waals surface area (Å²) in [6.07, 6.45) is 4.75. The number of aromatic nitrogens is 2. The quantitative estimate of drug-likeness (QED) is 0.478. The Hall–Kier alpha value is -3.08. The highest BCUT2D eigenvalue weighted by Gasteiger charge is 2.13. The highest BCUT2D eigenvalue weighted by Crippen LogP contribution is 2.27. The molecule has 0 saturated heterocycles. The number of nitrogens with one attached hydrogen (secondary N) is 2. The van der Waals surface area contributed by atoms with Gasteiger partial charge < -0.3 is 10.6 Å². The molecule has 0 saturated carbocycles. The van der Waals surface area contributed by atoms with Crippen LogP contribution in [0.5, 0.6) is 0 Å². The molecule has 1 heterocycles. The smallest absolute Gasteiger partial charge is 0.191 e. The van der Waals surface area contributed by atoms with Crippen LogP contribution in [0.1, 0.15) is 23.5 Å². The Morgan fingerprint density at radius 2 is 1.56 bits per heavy atom. The van der Waals surface area contributed by atoms with Crippen LogP contribution in [0.4, 0.5) is 0 Å². The molecule has 2 N–H and O–H groups in total. The highest BCUT2D eigenvalue weighted by atomic mass is 15.3. The summed E-state index contributed by atoms with van der Waals surface area (Å²) in [6.45, 7) is 2.43. The van der Waals surface area contributed by atoms with Gasteiger partial charge in [0.05, 0.1) is 6.54 Å². The van der Waals surface area contributed by atoms with Crippen molar-refractivity contribution in [3.05, 3.63) is 90.3 Å². The van der Waals surface area contributed by atoms with E-state index in [0.717, 1.165) is 32.0 Å². The van der Waals surface area contributed by atoms with Crippen LogP contribution in [0.2, 0.25) is 0 Å². The van der Waals surface area contributed by atoms with E-state index < -0.39 is 0 Å². The zero-order chi connectivity index (χ0) is 18.7. The maximum atomic E-state index is 4.31. The highest BCUT2D eigenvalue weighted by molar-refractivity contribution is 5.79. The standard InChI is InChI=1S/C22H27N5/c1-23-22(25-16-18-27-17-8-14-26-27)24-15-13-21(19-9-4-2-5-10-19)20-11-6-3-7-12-20/h2-12,14,17,21H,13,15-16,18H2,1H3,(H2,23,24,25). The van der Waals surface area contributed by atoms with E-state index in [0.29, 0.717) is 5.92 Å². The lowest BCUT2D eigenvalue weighted by Gasteiger charge is -2.19. The van der Waals surface area contributed by atoms with Crippen LogP contribution in [0.3, 0.4) is 0 Å². The van der Waals surface area contributed by atoms with Crippen LogP contribution in [0, 0.1) is 0 Å². The molecule has 0 spiro atoms. The van der Waals surface area contributed by atoms with Crippen molar-refractivity contribution in [2.75, 3.05) is 20.1 Å². The summed E-state index contributed by atoms with van der Waals surface area (Å²) in [5, 5.41) is 11.0. The van der Waals surface area contributed by atoms with E-state index in [9.17, 15) is 0 Å². The first-order chi connectivity index (χ1) is 13.4. The molecule has 0 aliphatic carbocycles. The number of nitrogens with zero attached hydrogens (tertiary/aromatic N) is 3. The molecule has 0 aliphatic heterocycles. The Bertz CT molecular complexity index is 758. The lowest BCUT2D eigenvalue weighted by Crippen LogP contribution is -2.39. The molecule has 3 rings (SSSR count). The summed E-state index contributed by atoms with van der Waals surface area (Å²) < 4.78 is 1.90. The average molecular weight is 361 g/mol. The second-order valence-electron chi connectivity index (χ2n) is 6.36. The third kappa shape index (κ3) is 5.71. The molecule has 0 radical (unpaired) electrons. The lowest BCUT2D eigenvalue weighted by atomic mass is 9.88. The van der Waals surface area contributed by atoms with Gasteiger partial charge in [0, 0.05) is 38.4 Å². The molecule has 2 aromatic carbocycles. The number of hydrogen-bond acceptors (Lipinski definition) is 2. The molecule has 0 bridgehead atoms. The Morgan fingerprint density at radius 3 is 2.11 bits per heavy atom. The molecule has 140 valence electrons. The first-order valence-electron chi connectivity index (χ1n) is 9.38. The molecule has 0 unspecified atom stereocenters. The predicted molar refractivity (Wildman–Crippen MR) is 111 cm³/mol. The molecule has 27 heavy (non-hydrogen) atoms. The van der Waals surface area contributed by atoms with Crippen LogP contribution in [0.15, 0.2) is 84.1 Å². The van der Waals surface area contributed by atoms with Crippen molar-refractivity contribution in [1.82, 2.24) is 20.4 Å². The van der Waals surface area contributed by atoms with Crippen molar-refractivity contribution in [2.24, 2.45) is 4.99 Å². The minimum atomic E-state index is 0.363. The fourth-order valence-electron chi connectivity index (χ4n) is 3.17. The molecule has 3 aromatic rings. The lowest BCUT2D eigenvalue weighted by molar-refractivity contribution is 0.595. The molecule has 5 nitrogen and oxygen atoms in total. The third-order valence-corrected chi connectivity index (χ3v) is 4.55. The van der Waals surface area contributed by atoms with E-state index in [1.54, 1.807) is 13.2 Å². The maximum absolute atomic E-state index is 4.31. The number of guanidine groups is 1. The van der Waals surface area contributed by atoms with Crippen molar-refractivity contribution in [3.8, 4) is 0 Å². The fraction of sp³-hybridized carbons (Fsp3) is 0.273. The number of rotatable bonds is 8. The second kappa shape index (κ2) is 10.2. The molecular formula is C22H27N5. The number of aliphatic imine (C=N–C) groups is 1. The van der Waals surface area contributed by atoms with E-state index in [1.807, 2.05) is 16.9 Å². The summed E-state index contributed by atoms with van der Waals surface area (Å²) in [5.41, 5.74) is 2.68. The van der Waals surface area contributed by atoms with Crippen LogP contribution in [-0.4, -0.2) is 35.9 Å². The van der Waals surface area contributed by atoms with Crippen LogP contribution in [0.25, 0.3) is 0 Å². The van der Waals surface area contributed by atoms with E-state index in [2.05, 4.69) is 81.4 Å². The maximum Gasteiger partial charge on any atom is 0.191 e. The first-order valence-corrected chi connectivity index (χ1v) is 9.38. The van der Waals surface area contributed by atoms with E-state index in [4.69, 9.17) is 0 Å². The summed E-state index contributed by atoms with van der Waals surface area (Å²) in [6, 6.07) is 23.3. The summed E-state index contributed by atoms with van der Waals surface area (Å²) >= 11 is 0. The van der Waals surface area contributed by atoms with Gasteiger partial charge >= 0.3 is 0 Å². The zero-order valence-electron chi connectivity index (χ0n) is 15.8. The van der Waals surface area contributed by atoms with Gasteiger partial charge in [-0.25, -0.2) is 0 Å². The molecule has 0 aliphatic rings. The van der Waals surface area contributed by atoms with E-state index >= 15 is 0 Å². The molecule has 1 aromatic heterocycles. The van der Waals surface area contributed by atoms with Crippen LogP contribution >= 0.6 is 0 Å². The van der Waals surface area contributed by atoms with Gasteiger partial charge in [-0.2, -0.15) is 5.10 Å². The van der Waals surface area contributed by atoms with Crippen molar-refractivity contribution in [2.45, 2.75) is 18.9 Å². The van der Waals surface area contributed by atoms with Gasteiger partial charge in [0.2, 0.25) is 0 Å². The van der Waals surface area contributed by atoms with Crippen LogP contribution in [-0.2, 0) is 6.54 Å². The average Bonchev–Trinajstić information content (AvgIpc) is 3.24. The Labute approximate surface area is 161 Å². The first kappa shape index (κ1) is 18.7. The van der Waals surface area contributed by atoms with Gasteiger partial charge in [-0.05, 0) is 23.6 Å². The van der Waals surface area contributed by atoms with Gasteiger partial charge in [0.25, 0.3) is 0 Å². The molecule has 0 amide bonds. The molecule has 0 atom stereocenters. The fourth-order valence-corrected chi connectivity index (χ4v) is 3.17. The predicted octanol–water partition coefficient (Wildman–Crippen LogP) is 3.27. The third-order valence-electron chi connectivity index (χ3n) is 4.55. The number of hydrogen-bond donors (Lipinski definition) is 2. The molecular weight excluding hydrogens is 334 g/mol. The Balaban J connectivity index is 1.53. The van der Waals surface area contributed by atoms with Gasteiger partial charge in [-0.1, -0.05) is 60.7 Å². The summed E-state index contributed by atoms with van der Waals surface area (Å²) in [5.74, 6) is 1.18. The van der Waals surface area contributed by atoms with Gasteiger partial charge in [-0.3, -0.25) is 9.67 Å². The molecule has 0 fully saturated rings.